The van der Waals surface area contributed by atoms with Crippen LogP contribution in [0.4, 0.5) is 9.18 Å². The van der Waals surface area contributed by atoms with Crippen molar-refractivity contribution in [2.24, 2.45) is 4.99 Å². The number of ether oxygens (including phenoxy) is 2. The van der Waals surface area contributed by atoms with E-state index in [9.17, 15) is 23.1 Å². The van der Waals surface area contributed by atoms with Gasteiger partial charge >= 0.3 is 12.1 Å². The average molecular weight is 445 g/mol. The first-order valence-electron chi connectivity index (χ1n) is 9.26. The van der Waals surface area contributed by atoms with Crippen LogP contribution in [0.3, 0.4) is 0 Å². The van der Waals surface area contributed by atoms with E-state index in [0.717, 1.165) is 6.07 Å². The number of halogens is 1. The summed E-state index contributed by atoms with van der Waals surface area (Å²) < 4.78 is 45.1. The summed E-state index contributed by atoms with van der Waals surface area (Å²) in [6.45, 7) is 9.62. The molecular weight excluding hydrogens is 415 g/mol. The van der Waals surface area contributed by atoms with Gasteiger partial charge in [0.05, 0.1) is 18.4 Å². The van der Waals surface area contributed by atoms with Crippen LogP contribution in [0.15, 0.2) is 23.2 Å². The molecule has 1 aliphatic heterocycles. The lowest BCUT2D eigenvalue weighted by atomic mass is 9.91. The Bertz CT molecular complexity index is 894. The highest BCUT2D eigenvalue weighted by molar-refractivity contribution is 8.26. The Hall–Kier alpha value is -2.17. The second-order valence-electron chi connectivity index (χ2n) is 8.87. The van der Waals surface area contributed by atoms with Crippen LogP contribution in [0.1, 0.15) is 57.5 Å². The van der Waals surface area contributed by atoms with Gasteiger partial charge in [-0.3, -0.25) is 19.4 Å². The Kier molecular flexibility index (Phi) is 6.29. The molecule has 0 bridgehead atoms. The monoisotopic (exact) mass is 444 g/mol. The molecule has 1 unspecified atom stereocenters. The number of amides is 1. The van der Waals surface area contributed by atoms with Gasteiger partial charge < -0.3 is 9.47 Å². The van der Waals surface area contributed by atoms with Crippen LogP contribution in [-0.4, -0.2) is 50.2 Å². The van der Waals surface area contributed by atoms with Crippen molar-refractivity contribution in [2.45, 2.75) is 57.4 Å². The molecule has 0 aromatic heterocycles. The average Bonchev–Trinajstić information content (AvgIpc) is 2.57. The molecule has 1 aromatic carbocycles. The first-order chi connectivity index (χ1) is 13.5. The minimum atomic E-state index is -3.39. The van der Waals surface area contributed by atoms with Crippen LogP contribution < -0.4 is 5.32 Å². The van der Waals surface area contributed by atoms with E-state index < -0.39 is 44.4 Å². The van der Waals surface area contributed by atoms with Crippen molar-refractivity contribution in [3.05, 3.63) is 35.1 Å². The molecule has 30 heavy (non-hydrogen) atoms. The van der Waals surface area contributed by atoms with Gasteiger partial charge in [-0.15, -0.1) is 0 Å². The summed E-state index contributed by atoms with van der Waals surface area (Å²) in [6, 6.07) is 3.63. The van der Waals surface area contributed by atoms with Gasteiger partial charge in [0.2, 0.25) is 0 Å². The van der Waals surface area contributed by atoms with E-state index >= 15 is 0 Å². The van der Waals surface area contributed by atoms with Crippen molar-refractivity contribution in [3.63, 3.8) is 0 Å². The largest absolute Gasteiger partial charge is 0.465 e. The number of esters is 1. The van der Waals surface area contributed by atoms with Crippen molar-refractivity contribution in [2.75, 3.05) is 12.9 Å². The maximum atomic E-state index is 14.7. The molecule has 0 saturated carbocycles. The number of carbonyl (C=O) groups is 2. The van der Waals surface area contributed by atoms with Crippen molar-refractivity contribution in [1.29, 1.82) is 0 Å². The second-order valence-corrected chi connectivity index (χ2v) is 11.5. The van der Waals surface area contributed by atoms with E-state index in [1.807, 2.05) is 0 Å². The smallest absolute Gasteiger partial charge is 0.413 e. The van der Waals surface area contributed by atoms with E-state index in [-0.39, 0.29) is 22.7 Å². The molecule has 8 nitrogen and oxygen atoms in total. The Morgan fingerprint density at radius 2 is 1.83 bits per heavy atom. The molecular formula is C20H29FN2O6S. The van der Waals surface area contributed by atoms with Crippen LogP contribution in [0.5, 0.6) is 0 Å². The molecule has 1 atom stereocenters. The van der Waals surface area contributed by atoms with Gasteiger partial charge in [0.1, 0.15) is 27.5 Å². The Morgan fingerprint density at radius 3 is 2.37 bits per heavy atom. The first-order valence-corrected chi connectivity index (χ1v) is 11.0. The number of alkyl carbamates (subject to hydrolysis) is 1. The fourth-order valence-corrected chi connectivity index (χ4v) is 4.81. The molecule has 0 aliphatic carbocycles. The maximum Gasteiger partial charge on any atom is 0.413 e. The lowest BCUT2D eigenvalue weighted by Gasteiger charge is -2.53. The number of hydrogen-bond acceptors (Lipinski definition) is 7. The minimum Gasteiger partial charge on any atom is -0.465 e. The van der Waals surface area contributed by atoms with Gasteiger partial charge in [-0.2, -0.15) is 10.6 Å². The zero-order chi connectivity index (χ0) is 23.1. The Balaban J connectivity index is 2.59. The highest BCUT2D eigenvalue weighted by Crippen LogP contribution is 2.59. The van der Waals surface area contributed by atoms with Gasteiger partial charge in [0.15, 0.2) is 0 Å². The minimum absolute atomic E-state index is 0.0237. The quantitative estimate of drug-likeness (QED) is 0.586. The number of aliphatic imine (C=N–C) groups is 1. The van der Waals surface area contributed by atoms with E-state index in [4.69, 9.17) is 4.74 Å². The highest BCUT2D eigenvalue weighted by Gasteiger charge is 2.51. The van der Waals surface area contributed by atoms with E-state index in [1.165, 1.54) is 40.0 Å². The predicted octanol–water partition coefficient (Wildman–Crippen LogP) is 4.29. The fraction of sp³-hybridized carbons (Fsp3) is 0.550. The molecule has 0 fully saturated rings. The fourth-order valence-electron chi connectivity index (χ4n) is 3.04. The zero-order valence-corrected chi connectivity index (χ0v) is 19.0. The number of nitrogens with zero attached hydrogens (tertiary/aromatic N) is 1. The Labute approximate surface area is 177 Å². The lowest BCUT2D eigenvalue weighted by molar-refractivity contribution is 0.0558. The molecule has 168 valence electrons. The number of hydrogen-bond donors (Lipinski definition) is 3. The van der Waals surface area contributed by atoms with E-state index in [1.54, 1.807) is 20.8 Å². The summed E-state index contributed by atoms with van der Waals surface area (Å²) in [7, 11) is -2.19. The van der Waals surface area contributed by atoms with Crippen molar-refractivity contribution >= 4 is 28.5 Å². The van der Waals surface area contributed by atoms with E-state index in [0.29, 0.717) is 0 Å². The van der Waals surface area contributed by atoms with Crippen LogP contribution in [0.2, 0.25) is 0 Å². The van der Waals surface area contributed by atoms with Gasteiger partial charge in [-0.25, -0.2) is 14.0 Å². The number of nitrogens with one attached hydrogen (secondary N) is 1. The number of carbonyl (C=O) groups excluding carboxylic acids is 2. The third-order valence-electron chi connectivity index (χ3n) is 4.82. The molecule has 1 heterocycles. The third kappa shape index (κ3) is 4.76. The molecule has 10 heteroatoms. The summed E-state index contributed by atoms with van der Waals surface area (Å²) in [5.74, 6) is -1.69. The topological polar surface area (TPSA) is 117 Å². The predicted molar refractivity (Wildman–Crippen MR) is 114 cm³/mol. The van der Waals surface area contributed by atoms with Crippen LogP contribution in [-0.2, 0) is 15.0 Å². The Morgan fingerprint density at radius 1 is 1.23 bits per heavy atom. The summed E-state index contributed by atoms with van der Waals surface area (Å²) in [5, 5.41) is 2.49. The molecule has 3 N–H and O–H groups in total. The third-order valence-corrected chi connectivity index (χ3v) is 7.61. The van der Waals surface area contributed by atoms with Crippen LogP contribution in [0.25, 0.3) is 0 Å². The van der Waals surface area contributed by atoms with Crippen molar-refractivity contribution < 1.29 is 32.6 Å². The number of benzene rings is 1. The van der Waals surface area contributed by atoms with Gasteiger partial charge in [0.25, 0.3) is 0 Å². The van der Waals surface area contributed by atoms with Crippen LogP contribution in [0, 0.1) is 5.82 Å². The molecule has 2 rings (SSSR count). The molecule has 0 saturated heterocycles. The summed E-state index contributed by atoms with van der Waals surface area (Å²) in [5.41, 5.74) is -2.18. The SMILES string of the molecule is COC(=O)c1ccc(F)c(C2(C)CS(O)(O)C(C)(C)C(NC(=O)OC(C)(C)C)=N2)c1. The number of rotatable bonds is 2. The number of amidine groups is 1. The van der Waals surface area contributed by atoms with Crippen LogP contribution >= 0.6 is 10.6 Å². The second kappa shape index (κ2) is 7.82. The zero-order valence-electron chi connectivity index (χ0n) is 18.2. The molecule has 0 radical (unpaired) electrons. The molecule has 1 aliphatic rings. The standard InChI is InChI=1S/C20H29FN2O6S/c1-18(2,3)29-17(25)22-16-19(4,5)30(26,27)11-20(6,23-16)13-10-12(15(24)28-7)8-9-14(13)21/h8-10,26-27H,11H2,1-7H3,(H,22,23,25). The van der Waals surface area contributed by atoms with Gasteiger partial charge in [0, 0.05) is 5.56 Å². The lowest BCUT2D eigenvalue weighted by Crippen LogP contribution is -2.55. The maximum absolute atomic E-state index is 14.7. The summed E-state index contributed by atoms with van der Waals surface area (Å²) in [6.07, 6.45) is -0.822. The normalized spacial score (nSPS) is 23.7. The summed E-state index contributed by atoms with van der Waals surface area (Å²) in [4.78, 5) is 28.7. The van der Waals surface area contributed by atoms with E-state index in [2.05, 4.69) is 15.0 Å². The molecule has 1 amide bonds. The van der Waals surface area contributed by atoms with Crippen molar-refractivity contribution in [1.82, 2.24) is 5.32 Å². The molecule has 1 aromatic rings. The van der Waals surface area contributed by atoms with Crippen molar-refractivity contribution in [3.8, 4) is 0 Å². The first kappa shape index (κ1) is 24.1. The number of methoxy groups -OCH3 is 1. The highest BCUT2D eigenvalue weighted by atomic mass is 32.3. The summed E-state index contributed by atoms with van der Waals surface area (Å²) >= 11 is 0. The van der Waals surface area contributed by atoms with Gasteiger partial charge in [-0.05, 0) is 59.7 Å². The molecule has 0 spiro atoms. The van der Waals surface area contributed by atoms with Gasteiger partial charge in [-0.1, -0.05) is 0 Å².